The third kappa shape index (κ3) is 4.04. The van der Waals surface area contributed by atoms with E-state index < -0.39 is 11.3 Å². The van der Waals surface area contributed by atoms with Crippen molar-refractivity contribution >= 4 is 17.7 Å². The van der Waals surface area contributed by atoms with Crippen LogP contribution in [0, 0.1) is 22.7 Å². The van der Waals surface area contributed by atoms with Gasteiger partial charge in [-0.25, -0.2) is 0 Å². The van der Waals surface area contributed by atoms with Gasteiger partial charge in [0.15, 0.2) is 5.37 Å². The van der Waals surface area contributed by atoms with Gasteiger partial charge in [0.25, 0.3) is 0 Å². The van der Waals surface area contributed by atoms with Gasteiger partial charge in [0.1, 0.15) is 6.42 Å². The molecule has 0 aliphatic heterocycles. The average Bonchev–Trinajstić information content (AvgIpc) is 2.30. The largest absolute Gasteiger partial charge is 0.331 e. The molecule has 0 bridgehead atoms. The summed E-state index contributed by atoms with van der Waals surface area (Å²) in [5.41, 5.74) is 0. The smallest absolute Gasteiger partial charge is 0.235 e. The first-order valence-electron chi connectivity index (χ1n) is 4.54. The van der Waals surface area contributed by atoms with E-state index in [0.29, 0.717) is 0 Å². The van der Waals surface area contributed by atoms with Crippen LogP contribution in [0.5, 0.6) is 0 Å². The Hall–Kier alpha value is -1.98. The summed E-state index contributed by atoms with van der Waals surface area (Å²) in [6.07, 6.45) is -0.229. The molecule has 1 unspecified atom stereocenters. The molecule has 0 aromatic heterocycles. The van der Waals surface area contributed by atoms with Crippen molar-refractivity contribution in [3.63, 3.8) is 0 Å². The van der Waals surface area contributed by atoms with E-state index in [1.807, 2.05) is 36.4 Å². The highest BCUT2D eigenvalue weighted by Gasteiger charge is 2.11. The van der Waals surface area contributed by atoms with E-state index in [9.17, 15) is 4.79 Å². The fourth-order valence-electron chi connectivity index (χ4n) is 0.992. The van der Waals surface area contributed by atoms with E-state index in [-0.39, 0.29) is 6.42 Å². The topological polar surface area (TPSA) is 76.7 Å². The van der Waals surface area contributed by atoms with Gasteiger partial charge in [0, 0.05) is 4.90 Å². The first kappa shape index (κ1) is 12.1. The SMILES string of the molecule is N#CCC(=O)NC(C#N)Sc1ccccc1. The second-order valence-corrected chi connectivity index (χ2v) is 4.02. The van der Waals surface area contributed by atoms with Crippen molar-refractivity contribution in [2.24, 2.45) is 0 Å². The highest BCUT2D eigenvalue weighted by Crippen LogP contribution is 2.20. The number of rotatable bonds is 4. The van der Waals surface area contributed by atoms with Crippen LogP contribution in [0.3, 0.4) is 0 Å². The molecule has 1 aromatic rings. The van der Waals surface area contributed by atoms with Gasteiger partial charge in [0.2, 0.25) is 5.91 Å². The van der Waals surface area contributed by atoms with Crippen LogP contribution in [0.15, 0.2) is 35.2 Å². The maximum absolute atomic E-state index is 11.1. The third-order valence-corrected chi connectivity index (χ3v) is 2.65. The maximum Gasteiger partial charge on any atom is 0.235 e. The molecule has 1 atom stereocenters. The molecule has 5 heteroatoms. The van der Waals surface area contributed by atoms with Crippen LogP contribution < -0.4 is 5.32 Å². The average molecular weight is 231 g/mol. The molecule has 0 saturated carbocycles. The summed E-state index contributed by atoms with van der Waals surface area (Å²) in [7, 11) is 0. The van der Waals surface area contributed by atoms with Gasteiger partial charge in [-0.2, -0.15) is 10.5 Å². The molecule has 1 amide bonds. The number of benzene rings is 1. The second kappa shape index (κ2) is 6.49. The van der Waals surface area contributed by atoms with Gasteiger partial charge in [-0.1, -0.05) is 30.0 Å². The standard InChI is InChI=1S/C11H9N3OS/c12-7-6-10(15)14-11(8-13)16-9-4-2-1-3-5-9/h1-5,11H,6H2,(H,14,15). The molecule has 0 aliphatic carbocycles. The first-order chi connectivity index (χ1) is 7.76. The van der Waals surface area contributed by atoms with E-state index in [1.165, 1.54) is 11.8 Å². The lowest BCUT2D eigenvalue weighted by Gasteiger charge is -2.09. The monoisotopic (exact) mass is 231 g/mol. The van der Waals surface area contributed by atoms with Crippen molar-refractivity contribution in [2.45, 2.75) is 16.7 Å². The molecule has 0 fully saturated rings. The summed E-state index contributed by atoms with van der Waals surface area (Å²) in [4.78, 5) is 12.0. The Morgan fingerprint density at radius 3 is 2.62 bits per heavy atom. The third-order valence-electron chi connectivity index (χ3n) is 1.65. The van der Waals surface area contributed by atoms with Crippen LogP contribution in [0.2, 0.25) is 0 Å². The fraction of sp³-hybridized carbons (Fsp3) is 0.182. The minimum atomic E-state index is -0.664. The molecule has 0 heterocycles. The molecule has 4 nitrogen and oxygen atoms in total. The lowest BCUT2D eigenvalue weighted by atomic mass is 10.4. The van der Waals surface area contributed by atoms with Crippen LogP contribution in [-0.2, 0) is 4.79 Å². The second-order valence-electron chi connectivity index (χ2n) is 2.84. The Morgan fingerprint density at radius 1 is 1.38 bits per heavy atom. The van der Waals surface area contributed by atoms with Gasteiger partial charge in [0.05, 0.1) is 12.1 Å². The predicted octanol–water partition coefficient (Wildman–Crippen LogP) is 1.66. The minimum absolute atomic E-state index is 0.229. The maximum atomic E-state index is 11.1. The molecule has 0 saturated heterocycles. The zero-order valence-corrected chi connectivity index (χ0v) is 9.20. The Labute approximate surface area is 97.9 Å². The van der Waals surface area contributed by atoms with Crippen molar-refractivity contribution in [2.75, 3.05) is 0 Å². The van der Waals surface area contributed by atoms with Crippen molar-refractivity contribution < 1.29 is 4.79 Å². The molecular weight excluding hydrogens is 222 g/mol. The van der Waals surface area contributed by atoms with Crippen molar-refractivity contribution in [1.29, 1.82) is 10.5 Å². The number of hydrogen-bond donors (Lipinski definition) is 1. The van der Waals surface area contributed by atoms with Gasteiger partial charge >= 0.3 is 0 Å². The lowest BCUT2D eigenvalue weighted by molar-refractivity contribution is -0.120. The van der Waals surface area contributed by atoms with E-state index in [2.05, 4.69) is 5.32 Å². The number of carbonyl (C=O) groups is 1. The Balaban J connectivity index is 2.55. The van der Waals surface area contributed by atoms with Crippen LogP contribution >= 0.6 is 11.8 Å². The number of nitrogens with zero attached hydrogens (tertiary/aromatic N) is 2. The number of amides is 1. The highest BCUT2D eigenvalue weighted by molar-refractivity contribution is 8.00. The Morgan fingerprint density at radius 2 is 2.06 bits per heavy atom. The zero-order valence-electron chi connectivity index (χ0n) is 8.38. The van der Waals surface area contributed by atoms with Gasteiger partial charge in [-0.3, -0.25) is 4.79 Å². The Bertz CT molecular complexity index is 433. The number of carbonyl (C=O) groups excluding carboxylic acids is 1. The quantitative estimate of drug-likeness (QED) is 0.631. The molecule has 16 heavy (non-hydrogen) atoms. The van der Waals surface area contributed by atoms with Crippen molar-refractivity contribution in [3.05, 3.63) is 30.3 Å². The molecule has 0 aliphatic rings. The van der Waals surface area contributed by atoms with E-state index >= 15 is 0 Å². The molecule has 80 valence electrons. The highest BCUT2D eigenvalue weighted by atomic mass is 32.2. The summed E-state index contributed by atoms with van der Waals surface area (Å²) >= 11 is 1.24. The molecule has 1 N–H and O–H groups in total. The normalized spacial score (nSPS) is 10.9. The summed E-state index contributed by atoms with van der Waals surface area (Å²) in [5, 5.41) is 18.9. The zero-order chi connectivity index (χ0) is 11.8. The van der Waals surface area contributed by atoms with Gasteiger partial charge in [-0.05, 0) is 12.1 Å². The molecular formula is C11H9N3OS. The summed E-state index contributed by atoms with van der Waals surface area (Å²) < 4.78 is 0. The Kier molecular flexibility index (Phi) is 4.91. The van der Waals surface area contributed by atoms with Crippen LogP contribution in [-0.4, -0.2) is 11.3 Å². The molecule has 0 spiro atoms. The number of hydrogen-bond acceptors (Lipinski definition) is 4. The number of thioether (sulfide) groups is 1. The summed E-state index contributed by atoms with van der Waals surface area (Å²) in [6.45, 7) is 0. The van der Waals surface area contributed by atoms with Crippen LogP contribution in [0.25, 0.3) is 0 Å². The minimum Gasteiger partial charge on any atom is -0.331 e. The van der Waals surface area contributed by atoms with Crippen molar-refractivity contribution in [1.82, 2.24) is 5.32 Å². The molecule has 1 rings (SSSR count). The fourth-order valence-corrected chi connectivity index (χ4v) is 1.82. The van der Waals surface area contributed by atoms with Crippen LogP contribution in [0.1, 0.15) is 6.42 Å². The predicted molar refractivity (Wildman–Crippen MR) is 60.1 cm³/mol. The molecule has 0 radical (unpaired) electrons. The molecule has 1 aromatic carbocycles. The first-order valence-corrected chi connectivity index (χ1v) is 5.42. The van der Waals surface area contributed by atoms with E-state index in [0.717, 1.165) is 4.90 Å². The number of nitrogens with one attached hydrogen (secondary N) is 1. The van der Waals surface area contributed by atoms with Gasteiger partial charge < -0.3 is 5.32 Å². The summed E-state index contributed by atoms with van der Waals surface area (Å²) in [5.74, 6) is -0.433. The van der Waals surface area contributed by atoms with E-state index in [4.69, 9.17) is 10.5 Å². The van der Waals surface area contributed by atoms with E-state index in [1.54, 1.807) is 6.07 Å². The number of nitriles is 2. The van der Waals surface area contributed by atoms with Gasteiger partial charge in [-0.15, -0.1) is 0 Å². The lowest BCUT2D eigenvalue weighted by Crippen LogP contribution is -2.30. The van der Waals surface area contributed by atoms with Crippen LogP contribution in [0.4, 0.5) is 0 Å². The summed E-state index contributed by atoms with van der Waals surface area (Å²) in [6, 6.07) is 13.0. The van der Waals surface area contributed by atoms with Crippen molar-refractivity contribution in [3.8, 4) is 12.1 Å².